The molecule has 2 heteroatoms. The van der Waals surface area contributed by atoms with Gasteiger partial charge in [-0.3, -0.25) is 0 Å². The summed E-state index contributed by atoms with van der Waals surface area (Å²) in [7, 11) is 0. The van der Waals surface area contributed by atoms with Gasteiger partial charge in [-0.25, -0.2) is 0 Å². The highest BCUT2D eigenvalue weighted by molar-refractivity contribution is 7.78. The Hall–Kier alpha value is -0.110. The lowest BCUT2D eigenvalue weighted by Gasteiger charge is -1.91. The van der Waals surface area contributed by atoms with Crippen LogP contribution in [0, 0.1) is 6.61 Å². The van der Waals surface area contributed by atoms with Crippen LogP contribution in [0.2, 0.25) is 0 Å². The third-order valence-electron chi connectivity index (χ3n) is 0.558. The lowest BCUT2D eigenvalue weighted by molar-refractivity contribution is 0.403. The maximum absolute atomic E-state index is 4.64. The molecule has 0 aromatic carbocycles. The summed E-state index contributed by atoms with van der Waals surface area (Å²) in [4.78, 5) is 0. The fourth-order valence-corrected chi connectivity index (χ4v) is 0.304. The van der Waals surface area contributed by atoms with Gasteiger partial charge in [0, 0.05) is 0 Å². The van der Waals surface area contributed by atoms with Gasteiger partial charge in [0.15, 0.2) is 0 Å². The molecule has 0 fully saturated rings. The average molecular weight is 117 g/mol. The van der Waals surface area contributed by atoms with E-state index in [0.717, 1.165) is 12.8 Å². The molecule has 0 unspecified atom stereocenters. The Labute approximate surface area is 49.7 Å². The highest BCUT2D eigenvalue weighted by Gasteiger charge is 1.78. The molecule has 41 valence electrons. The zero-order valence-electron chi connectivity index (χ0n) is 4.39. The van der Waals surface area contributed by atoms with E-state index < -0.39 is 0 Å². The fourth-order valence-electron chi connectivity index (χ4n) is 0.225. The second-order valence-electron chi connectivity index (χ2n) is 1.19. The van der Waals surface area contributed by atoms with Gasteiger partial charge in [0.05, 0.1) is 0 Å². The Balaban J connectivity index is 2.56. The van der Waals surface area contributed by atoms with Crippen LogP contribution >= 0.6 is 12.2 Å². The van der Waals surface area contributed by atoms with E-state index in [2.05, 4.69) is 23.9 Å². The predicted octanol–water partition coefficient (Wildman–Crippen LogP) is 1.92. The van der Waals surface area contributed by atoms with Crippen molar-refractivity contribution >= 4 is 17.8 Å². The first-order valence-electron chi connectivity index (χ1n) is 2.32. The molecule has 1 nitrogen and oxygen atoms in total. The van der Waals surface area contributed by atoms with Gasteiger partial charge in [-0.1, -0.05) is 13.3 Å². The first-order valence-corrected chi connectivity index (χ1v) is 2.79. The van der Waals surface area contributed by atoms with E-state index in [9.17, 15) is 0 Å². The molecule has 0 N–H and O–H groups in total. The maximum atomic E-state index is 4.64. The van der Waals surface area contributed by atoms with Gasteiger partial charge in [-0.05, 0) is 18.6 Å². The summed E-state index contributed by atoms with van der Waals surface area (Å²) in [5, 5.41) is 0. The summed E-state index contributed by atoms with van der Waals surface area (Å²) in [5.41, 5.74) is 1.26. The van der Waals surface area contributed by atoms with Gasteiger partial charge >= 0.3 is 0 Å². The Morgan fingerprint density at radius 1 is 1.71 bits per heavy atom. The van der Waals surface area contributed by atoms with Crippen molar-refractivity contribution in [3.8, 4) is 0 Å². The molecule has 0 spiro atoms. The molecule has 7 heavy (non-hydrogen) atoms. The molecule has 0 bridgehead atoms. The number of hydrogen-bond acceptors (Lipinski definition) is 2. The zero-order valence-corrected chi connectivity index (χ0v) is 5.20. The van der Waals surface area contributed by atoms with Crippen LogP contribution in [0.3, 0.4) is 0 Å². The van der Waals surface area contributed by atoms with E-state index >= 15 is 0 Å². The maximum Gasteiger partial charge on any atom is 0.146 e. The summed E-state index contributed by atoms with van der Waals surface area (Å²) in [5.74, 6) is 0. The van der Waals surface area contributed by atoms with E-state index in [0.29, 0.717) is 0 Å². The number of ether oxygens (including phenoxy) is 1. The van der Waals surface area contributed by atoms with Crippen molar-refractivity contribution in [3.63, 3.8) is 0 Å². The molecular formula is C5H9OS. The molecule has 0 aromatic heterocycles. The second kappa shape index (κ2) is 5.89. The van der Waals surface area contributed by atoms with Gasteiger partial charge in [-0.15, -0.1) is 0 Å². The molecule has 1 radical (unpaired) electrons. The van der Waals surface area contributed by atoms with E-state index in [-0.39, 0.29) is 0 Å². The monoisotopic (exact) mass is 117 g/mol. The van der Waals surface area contributed by atoms with Crippen molar-refractivity contribution in [2.75, 3.05) is 0 Å². The molecule has 0 heterocycles. The van der Waals surface area contributed by atoms with Gasteiger partial charge in [0.1, 0.15) is 12.2 Å². The molecule has 0 aliphatic heterocycles. The fraction of sp³-hybridized carbons (Fsp3) is 0.600. The van der Waals surface area contributed by atoms with Crippen LogP contribution in [-0.2, 0) is 4.74 Å². The topological polar surface area (TPSA) is 9.23 Å². The lowest BCUT2D eigenvalue weighted by atomic mass is 10.4. The molecule has 0 rings (SSSR count). The molecule has 0 aromatic rings. The number of thiocarbonyl (C=S) groups is 1. The van der Waals surface area contributed by atoms with E-state index in [1.54, 1.807) is 6.61 Å². The highest BCUT2D eigenvalue weighted by Crippen LogP contribution is 1.90. The van der Waals surface area contributed by atoms with Crippen LogP contribution in [0.25, 0.3) is 0 Å². The molecule has 0 saturated carbocycles. The smallest absolute Gasteiger partial charge is 0.146 e. The van der Waals surface area contributed by atoms with E-state index in [1.165, 1.54) is 5.55 Å². The minimum absolute atomic E-state index is 0.979. The number of rotatable bonds is 4. The van der Waals surface area contributed by atoms with Crippen LogP contribution in [0.1, 0.15) is 19.8 Å². The van der Waals surface area contributed by atoms with Crippen LogP contribution in [0.4, 0.5) is 0 Å². The summed E-state index contributed by atoms with van der Waals surface area (Å²) < 4.78 is 4.64. The van der Waals surface area contributed by atoms with Crippen LogP contribution < -0.4 is 0 Å². The van der Waals surface area contributed by atoms with E-state index in [1.807, 2.05) is 0 Å². The van der Waals surface area contributed by atoms with Crippen LogP contribution in [0.15, 0.2) is 0 Å². The van der Waals surface area contributed by atoms with Crippen molar-refractivity contribution in [1.29, 1.82) is 0 Å². The van der Waals surface area contributed by atoms with Gasteiger partial charge in [0.2, 0.25) is 0 Å². The summed E-state index contributed by atoms with van der Waals surface area (Å²) >= 11 is 4.39. The van der Waals surface area contributed by atoms with Crippen LogP contribution in [-0.4, -0.2) is 5.55 Å². The first kappa shape index (κ1) is 6.89. The minimum atomic E-state index is 0.979. The Bertz CT molecular complexity index is 45.3. The quantitative estimate of drug-likeness (QED) is 0.411. The average Bonchev–Trinajstić information content (AvgIpc) is 1.69. The number of hydrogen-bond donors (Lipinski definition) is 0. The van der Waals surface area contributed by atoms with Crippen molar-refractivity contribution in [2.24, 2.45) is 0 Å². The largest absolute Gasteiger partial charge is 0.483 e. The summed E-state index contributed by atoms with van der Waals surface area (Å²) in [6.07, 6.45) is 2.09. The Kier molecular flexibility index (Phi) is 5.80. The normalized spacial score (nSPS) is 8.14. The number of unbranched alkanes of at least 4 members (excludes halogenated alkanes) is 1. The first-order chi connectivity index (χ1) is 3.41. The molecule has 0 aliphatic carbocycles. The molecule has 0 amide bonds. The van der Waals surface area contributed by atoms with Crippen molar-refractivity contribution < 1.29 is 4.74 Å². The predicted molar refractivity (Wildman–Crippen MR) is 33.9 cm³/mol. The summed E-state index contributed by atoms with van der Waals surface area (Å²) in [6.45, 7) is 3.79. The molecule has 0 saturated heterocycles. The third-order valence-corrected chi connectivity index (χ3v) is 0.669. The van der Waals surface area contributed by atoms with Crippen molar-refractivity contribution in [1.82, 2.24) is 0 Å². The molecular weight excluding hydrogens is 108 g/mol. The van der Waals surface area contributed by atoms with E-state index in [4.69, 9.17) is 0 Å². The minimum Gasteiger partial charge on any atom is -0.483 e. The van der Waals surface area contributed by atoms with Gasteiger partial charge < -0.3 is 4.74 Å². The second-order valence-corrected chi connectivity index (χ2v) is 1.38. The summed E-state index contributed by atoms with van der Waals surface area (Å²) in [6, 6.07) is 0. The van der Waals surface area contributed by atoms with Crippen molar-refractivity contribution in [3.05, 3.63) is 6.61 Å². The Morgan fingerprint density at radius 2 is 2.43 bits per heavy atom. The molecule has 0 atom stereocenters. The molecule has 0 aliphatic rings. The van der Waals surface area contributed by atoms with Crippen LogP contribution in [0.5, 0.6) is 0 Å². The van der Waals surface area contributed by atoms with Gasteiger partial charge in [-0.2, -0.15) is 0 Å². The standard InChI is InChI=1S/C5H9OS/c1-2-3-4-6-5-7/h4-5H,2-3H2,1H3. The Morgan fingerprint density at radius 3 is 2.86 bits per heavy atom. The zero-order chi connectivity index (χ0) is 5.54. The lowest BCUT2D eigenvalue weighted by Crippen LogP contribution is -1.79. The van der Waals surface area contributed by atoms with Gasteiger partial charge in [0.25, 0.3) is 0 Å². The SMILES string of the molecule is CCC[CH]OC=S. The third kappa shape index (κ3) is 5.89. The highest BCUT2D eigenvalue weighted by atomic mass is 32.1. The van der Waals surface area contributed by atoms with Crippen molar-refractivity contribution in [2.45, 2.75) is 19.8 Å².